The molecule has 0 radical (unpaired) electrons. The van der Waals surface area contributed by atoms with Crippen LogP contribution in [0, 0.1) is 6.92 Å². The quantitative estimate of drug-likeness (QED) is 0.179. The molecule has 184 valence electrons. The molecule has 5 aromatic rings. The summed E-state index contributed by atoms with van der Waals surface area (Å²) in [5.41, 5.74) is 2.70. The number of benzene rings is 4. The van der Waals surface area contributed by atoms with Gasteiger partial charge in [0, 0.05) is 10.9 Å². The van der Waals surface area contributed by atoms with Crippen molar-refractivity contribution in [3.05, 3.63) is 119 Å². The van der Waals surface area contributed by atoms with E-state index in [0.717, 1.165) is 15.7 Å². The molecule has 0 unspecified atom stereocenters. The molecule has 0 saturated heterocycles. The largest absolute Gasteiger partial charge is 0.454 e. The molecular formula is C31H20N2O5. The molecule has 1 aliphatic rings. The highest BCUT2D eigenvalue weighted by Crippen LogP contribution is 2.34. The normalized spacial score (nSPS) is 12.7. The number of aryl methyl sites for hydroxylation is 1. The van der Waals surface area contributed by atoms with Crippen molar-refractivity contribution in [1.29, 1.82) is 0 Å². The van der Waals surface area contributed by atoms with Gasteiger partial charge in [-0.15, -0.1) is 0 Å². The van der Waals surface area contributed by atoms with E-state index in [2.05, 4.69) is 4.98 Å². The van der Waals surface area contributed by atoms with Gasteiger partial charge in [-0.3, -0.25) is 19.4 Å². The second-order valence-corrected chi connectivity index (χ2v) is 9.02. The molecule has 0 atom stereocenters. The topological polar surface area (TPSA) is 93.6 Å². The zero-order valence-electron chi connectivity index (χ0n) is 20.3. The van der Waals surface area contributed by atoms with Crippen LogP contribution in [0.5, 0.6) is 0 Å². The fourth-order valence-electron chi connectivity index (χ4n) is 4.78. The number of ketones is 1. The molecule has 6 rings (SSSR count). The third-order valence-corrected chi connectivity index (χ3v) is 6.67. The summed E-state index contributed by atoms with van der Waals surface area (Å²) in [4.78, 5) is 57.3. The van der Waals surface area contributed by atoms with Crippen LogP contribution < -0.4 is 4.90 Å². The summed E-state index contributed by atoms with van der Waals surface area (Å²) in [5, 5.41) is 2.55. The molecule has 7 heteroatoms. The Balaban J connectivity index is 1.18. The van der Waals surface area contributed by atoms with Gasteiger partial charge in [0.15, 0.2) is 12.4 Å². The van der Waals surface area contributed by atoms with E-state index in [-0.39, 0.29) is 16.9 Å². The molecule has 2 amide bonds. The Kier molecular flexibility index (Phi) is 5.53. The molecule has 4 aromatic carbocycles. The molecule has 1 aliphatic heterocycles. The fourth-order valence-corrected chi connectivity index (χ4v) is 4.78. The maximum atomic E-state index is 13.3. The number of fused-ring (bicyclic) bond motifs is 4. The molecule has 7 nitrogen and oxygen atoms in total. The van der Waals surface area contributed by atoms with E-state index >= 15 is 0 Å². The van der Waals surface area contributed by atoms with E-state index in [1.165, 1.54) is 24.3 Å². The van der Waals surface area contributed by atoms with E-state index in [0.29, 0.717) is 33.4 Å². The zero-order valence-corrected chi connectivity index (χ0v) is 20.3. The Morgan fingerprint density at radius 3 is 2.21 bits per heavy atom. The van der Waals surface area contributed by atoms with Crippen LogP contribution in [0.3, 0.4) is 0 Å². The molecule has 0 fully saturated rings. The highest BCUT2D eigenvalue weighted by molar-refractivity contribution is 6.37. The maximum absolute atomic E-state index is 13.3. The lowest BCUT2D eigenvalue weighted by atomic mass is 10.0. The monoisotopic (exact) mass is 500 g/mol. The first-order valence-corrected chi connectivity index (χ1v) is 12.0. The van der Waals surface area contributed by atoms with E-state index in [1.807, 2.05) is 36.4 Å². The Bertz CT molecular complexity index is 1810. The van der Waals surface area contributed by atoms with Crippen LogP contribution >= 0.6 is 0 Å². The minimum absolute atomic E-state index is 0.194. The number of pyridine rings is 1. The average Bonchev–Trinajstić information content (AvgIpc) is 3.22. The lowest BCUT2D eigenvalue weighted by Gasteiger charge is -2.14. The molecule has 38 heavy (non-hydrogen) atoms. The molecule has 2 heterocycles. The summed E-state index contributed by atoms with van der Waals surface area (Å²) in [6.45, 7) is 1.30. The van der Waals surface area contributed by atoms with Crippen molar-refractivity contribution in [3.63, 3.8) is 0 Å². The van der Waals surface area contributed by atoms with Crippen LogP contribution in [0.25, 0.3) is 21.7 Å². The predicted octanol–water partition coefficient (Wildman–Crippen LogP) is 5.54. The number of carbonyl (C=O) groups excluding carboxylic acids is 4. The van der Waals surface area contributed by atoms with Crippen LogP contribution in [0.15, 0.2) is 91.0 Å². The Morgan fingerprint density at radius 1 is 0.763 bits per heavy atom. The van der Waals surface area contributed by atoms with Crippen molar-refractivity contribution in [2.24, 2.45) is 0 Å². The number of Topliss-reactive ketones (excluding diaryl/α,β-unsaturated/α-hetero) is 1. The van der Waals surface area contributed by atoms with E-state index in [1.54, 1.807) is 37.3 Å². The van der Waals surface area contributed by atoms with Gasteiger partial charge < -0.3 is 4.74 Å². The number of nitrogens with zero attached hydrogens (tertiary/aromatic N) is 2. The third kappa shape index (κ3) is 3.81. The first-order valence-electron chi connectivity index (χ1n) is 12.0. The van der Waals surface area contributed by atoms with E-state index in [4.69, 9.17) is 4.74 Å². The summed E-state index contributed by atoms with van der Waals surface area (Å²) in [6, 6.07) is 26.1. The lowest BCUT2D eigenvalue weighted by Crippen LogP contribution is -2.29. The minimum Gasteiger partial charge on any atom is -0.454 e. The number of imide groups is 1. The highest BCUT2D eigenvalue weighted by Gasteiger charge is 2.40. The van der Waals surface area contributed by atoms with Gasteiger partial charge in [0.25, 0.3) is 11.8 Å². The summed E-state index contributed by atoms with van der Waals surface area (Å²) in [5.74, 6) is -1.90. The number of esters is 1. The van der Waals surface area contributed by atoms with Crippen molar-refractivity contribution < 1.29 is 23.9 Å². The van der Waals surface area contributed by atoms with Crippen LogP contribution in [-0.2, 0) is 4.74 Å². The minimum atomic E-state index is -0.681. The number of hydrogen-bond acceptors (Lipinski definition) is 6. The second-order valence-electron chi connectivity index (χ2n) is 9.02. The van der Waals surface area contributed by atoms with Crippen molar-refractivity contribution in [2.45, 2.75) is 6.92 Å². The van der Waals surface area contributed by atoms with Gasteiger partial charge in [0.2, 0.25) is 0 Å². The molecule has 0 aliphatic carbocycles. The first kappa shape index (κ1) is 23.2. The lowest BCUT2D eigenvalue weighted by molar-refractivity contribution is 0.0475. The Hall–Kier alpha value is -5.17. The molecule has 0 spiro atoms. The Morgan fingerprint density at radius 2 is 1.42 bits per heavy atom. The SMILES string of the molecule is Cc1nc2ccccc2c2c1C(=O)N(c1ccc(C(=O)OCC(=O)c3ccc4ccccc4c3)cc1)C2=O. The van der Waals surface area contributed by atoms with Gasteiger partial charge in [-0.05, 0) is 54.1 Å². The number of ether oxygens (including phenoxy) is 1. The maximum Gasteiger partial charge on any atom is 0.338 e. The van der Waals surface area contributed by atoms with Gasteiger partial charge in [-0.2, -0.15) is 0 Å². The zero-order chi connectivity index (χ0) is 26.4. The van der Waals surface area contributed by atoms with Crippen molar-refractivity contribution >= 4 is 50.9 Å². The van der Waals surface area contributed by atoms with Crippen LogP contribution in [-0.4, -0.2) is 35.2 Å². The average molecular weight is 501 g/mol. The number of amides is 2. The number of carbonyl (C=O) groups is 4. The molecular weight excluding hydrogens is 480 g/mol. The van der Waals surface area contributed by atoms with Crippen LogP contribution in [0.2, 0.25) is 0 Å². The third-order valence-electron chi connectivity index (χ3n) is 6.67. The van der Waals surface area contributed by atoms with Gasteiger partial charge in [0.05, 0.1) is 33.6 Å². The number of hydrogen-bond donors (Lipinski definition) is 0. The van der Waals surface area contributed by atoms with Gasteiger partial charge in [-0.1, -0.05) is 54.6 Å². The van der Waals surface area contributed by atoms with E-state index in [9.17, 15) is 19.2 Å². The molecule has 0 bridgehead atoms. The van der Waals surface area contributed by atoms with Crippen molar-refractivity contribution in [1.82, 2.24) is 4.98 Å². The number of para-hydroxylation sites is 1. The van der Waals surface area contributed by atoms with Gasteiger partial charge >= 0.3 is 5.97 Å². The smallest absolute Gasteiger partial charge is 0.338 e. The van der Waals surface area contributed by atoms with Crippen molar-refractivity contribution in [2.75, 3.05) is 11.5 Å². The van der Waals surface area contributed by atoms with Crippen LogP contribution in [0.1, 0.15) is 47.1 Å². The highest BCUT2D eigenvalue weighted by atomic mass is 16.5. The summed E-state index contributed by atoms with van der Waals surface area (Å²) in [6.07, 6.45) is 0. The van der Waals surface area contributed by atoms with Gasteiger partial charge in [-0.25, -0.2) is 9.69 Å². The summed E-state index contributed by atoms with van der Waals surface area (Å²) in [7, 11) is 0. The number of rotatable bonds is 5. The fraction of sp³-hybridized carbons (Fsp3) is 0.0645. The molecule has 0 saturated carbocycles. The number of anilines is 1. The molecule has 0 N–H and O–H groups in total. The van der Waals surface area contributed by atoms with Crippen LogP contribution in [0.4, 0.5) is 5.69 Å². The Labute approximate surface area is 217 Å². The summed E-state index contributed by atoms with van der Waals surface area (Å²) < 4.78 is 5.23. The predicted molar refractivity (Wildman–Crippen MR) is 143 cm³/mol. The van der Waals surface area contributed by atoms with Gasteiger partial charge in [0.1, 0.15) is 0 Å². The standard InChI is InChI=1S/C31H20N2O5/c1-18-27-28(24-8-4-5-9-25(24)32-18)30(36)33(29(27)35)23-14-12-20(13-15-23)31(37)38-17-26(34)22-11-10-19-6-2-3-7-21(19)16-22/h2-16H,17H2,1H3. The molecule has 1 aromatic heterocycles. The number of aromatic nitrogens is 1. The van der Waals surface area contributed by atoms with Crippen molar-refractivity contribution in [3.8, 4) is 0 Å². The summed E-state index contributed by atoms with van der Waals surface area (Å²) >= 11 is 0. The first-order chi connectivity index (χ1) is 18.4. The van der Waals surface area contributed by atoms with E-state index < -0.39 is 24.4 Å². The second kappa shape index (κ2) is 9.05.